The third-order valence-corrected chi connectivity index (χ3v) is 13.2. The summed E-state index contributed by atoms with van der Waals surface area (Å²) in [6.07, 6.45) is 1.06. The molecular weight excluding hydrogens is 254 g/mol. The second-order valence-electron chi connectivity index (χ2n) is 5.97. The van der Waals surface area contributed by atoms with Gasteiger partial charge in [0.1, 0.15) is 16.5 Å². The summed E-state index contributed by atoms with van der Waals surface area (Å²) in [5.74, 6) is 0.244. The first-order valence-electron chi connectivity index (χ1n) is 5.70. The fourth-order valence-corrected chi connectivity index (χ4v) is 13.9. The summed E-state index contributed by atoms with van der Waals surface area (Å²) in [6, 6.07) is 0. The lowest BCUT2D eigenvalue weighted by molar-refractivity contribution is -0.137. The van der Waals surface area contributed by atoms with Crippen molar-refractivity contribution in [3.63, 3.8) is 0 Å². The Morgan fingerprint density at radius 1 is 1.12 bits per heavy atom. The smallest absolute Gasteiger partial charge is 0.303 e. The van der Waals surface area contributed by atoms with E-state index in [0.717, 1.165) is 12.2 Å². The highest BCUT2D eigenvalue weighted by atomic mass is 32.2. The average molecular weight is 280 g/mol. The fraction of sp³-hybridized carbons (Fsp3) is 0.900. The Kier molecular flexibility index (Phi) is 6.31. The molecular formula is C10H25NO2SSi2. The van der Waals surface area contributed by atoms with Crippen molar-refractivity contribution in [2.45, 2.75) is 52.1 Å². The van der Waals surface area contributed by atoms with E-state index in [1.165, 1.54) is 0 Å². The average Bonchev–Trinajstić information content (AvgIpc) is 1.97. The maximum absolute atomic E-state index is 10.4. The molecule has 0 heterocycles. The zero-order valence-corrected chi connectivity index (χ0v) is 14.1. The molecule has 0 saturated carbocycles. The first-order chi connectivity index (χ1) is 7.05. The van der Waals surface area contributed by atoms with Crippen molar-refractivity contribution in [1.29, 1.82) is 0 Å². The quantitative estimate of drug-likeness (QED) is 0.440. The molecule has 16 heavy (non-hydrogen) atoms. The minimum atomic E-state index is -1.29. The second-order valence-corrected chi connectivity index (χ2v) is 17.7. The highest BCUT2D eigenvalue weighted by Crippen LogP contribution is 2.28. The van der Waals surface area contributed by atoms with E-state index in [0.29, 0.717) is 0 Å². The van der Waals surface area contributed by atoms with Crippen LogP contribution in [0.3, 0.4) is 0 Å². The Morgan fingerprint density at radius 3 is 1.88 bits per heavy atom. The van der Waals surface area contributed by atoms with Crippen LogP contribution < -0.4 is 0 Å². The van der Waals surface area contributed by atoms with Gasteiger partial charge in [0.15, 0.2) is 0 Å². The van der Waals surface area contributed by atoms with E-state index in [9.17, 15) is 4.79 Å². The Labute approximate surface area is 106 Å². The van der Waals surface area contributed by atoms with Gasteiger partial charge in [-0.25, -0.2) is 0 Å². The molecule has 0 aromatic heterocycles. The van der Waals surface area contributed by atoms with Crippen LogP contribution in [0, 0.1) is 0 Å². The van der Waals surface area contributed by atoms with Gasteiger partial charge in [-0.15, -0.1) is 0 Å². The van der Waals surface area contributed by atoms with E-state index < -0.39 is 22.4 Å². The zero-order valence-electron chi connectivity index (χ0n) is 11.3. The zero-order chi connectivity index (χ0) is 13.0. The van der Waals surface area contributed by atoms with Crippen LogP contribution in [0.15, 0.2) is 0 Å². The first kappa shape index (κ1) is 16.2. The number of carboxylic acids is 1. The monoisotopic (exact) mass is 279 g/mol. The Hall–Kier alpha value is 0.214. The first-order valence-corrected chi connectivity index (χ1v) is 13.5. The van der Waals surface area contributed by atoms with Gasteiger partial charge in [0, 0.05) is 12.2 Å². The molecule has 1 N–H and O–H groups in total. The third kappa shape index (κ3) is 6.72. The van der Waals surface area contributed by atoms with E-state index in [4.69, 9.17) is 5.11 Å². The third-order valence-electron chi connectivity index (χ3n) is 1.97. The van der Waals surface area contributed by atoms with E-state index in [-0.39, 0.29) is 6.42 Å². The molecule has 0 aromatic rings. The van der Waals surface area contributed by atoms with Crippen molar-refractivity contribution >= 4 is 34.4 Å². The number of aliphatic carboxylic acids is 1. The number of carbonyl (C=O) groups is 1. The van der Waals surface area contributed by atoms with Crippen LogP contribution in [0.5, 0.6) is 0 Å². The standard InChI is InChI=1S/C10H25NO2SSi2/c1-15(2,3)11(16(4,5)6)14-9-7-8-10(12)13/h7-9H2,1-6H3,(H,12,13). The summed E-state index contributed by atoms with van der Waals surface area (Å²) in [7, 11) is -2.58. The summed E-state index contributed by atoms with van der Waals surface area (Å²) in [6.45, 7) is 14.1. The topological polar surface area (TPSA) is 40.5 Å². The van der Waals surface area contributed by atoms with Gasteiger partial charge in [-0.3, -0.25) is 8.43 Å². The van der Waals surface area contributed by atoms with Crippen molar-refractivity contribution in [2.24, 2.45) is 0 Å². The molecule has 6 heteroatoms. The molecule has 0 bridgehead atoms. The molecule has 0 fully saturated rings. The van der Waals surface area contributed by atoms with Crippen LogP contribution in [0.4, 0.5) is 0 Å². The van der Waals surface area contributed by atoms with Gasteiger partial charge in [0.05, 0.1) is 0 Å². The molecule has 0 saturated heterocycles. The van der Waals surface area contributed by atoms with Gasteiger partial charge < -0.3 is 5.11 Å². The fourth-order valence-electron chi connectivity index (χ4n) is 1.77. The van der Waals surface area contributed by atoms with Crippen LogP contribution in [0.1, 0.15) is 12.8 Å². The highest BCUT2D eigenvalue weighted by molar-refractivity contribution is 7.99. The van der Waals surface area contributed by atoms with Gasteiger partial charge in [0.25, 0.3) is 0 Å². The predicted octanol–water partition coefficient (Wildman–Crippen LogP) is 3.47. The molecule has 0 spiro atoms. The van der Waals surface area contributed by atoms with E-state index in [2.05, 4.69) is 42.9 Å². The van der Waals surface area contributed by atoms with Gasteiger partial charge in [-0.1, -0.05) is 51.2 Å². The molecule has 96 valence electrons. The van der Waals surface area contributed by atoms with Crippen molar-refractivity contribution in [1.82, 2.24) is 3.64 Å². The largest absolute Gasteiger partial charge is 0.481 e. The number of carboxylic acid groups (broad SMARTS) is 1. The Balaban J connectivity index is 4.21. The molecule has 0 rings (SSSR count). The van der Waals surface area contributed by atoms with Crippen molar-refractivity contribution < 1.29 is 9.90 Å². The molecule has 0 aliphatic carbocycles. The Bertz CT molecular complexity index is 222. The van der Waals surface area contributed by atoms with Crippen LogP contribution in [-0.4, -0.2) is 36.9 Å². The number of hydrogen-bond acceptors (Lipinski definition) is 3. The molecule has 0 aromatic carbocycles. The number of rotatable bonds is 7. The summed E-state index contributed by atoms with van der Waals surface area (Å²) in [5, 5.41) is 8.59. The van der Waals surface area contributed by atoms with Crippen molar-refractivity contribution in [3.05, 3.63) is 0 Å². The molecule has 3 nitrogen and oxygen atoms in total. The number of hydrogen-bond donors (Lipinski definition) is 1. The lowest BCUT2D eigenvalue weighted by atomic mass is 10.3. The van der Waals surface area contributed by atoms with Gasteiger partial charge in [0.2, 0.25) is 0 Å². The maximum Gasteiger partial charge on any atom is 0.303 e. The summed E-state index contributed by atoms with van der Waals surface area (Å²) < 4.78 is 2.63. The minimum absolute atomic E-state index is 0.290. The summed E-state index contributed by atoms with van der Waals surface area (Å²) in [5.41, 5.74) is 0. The molecule has 0 aliphatic heterocycles. The summed E-state index contributed by atoms with van der Waals surface area (Å²) in [4.78, 5) is 10.4. The molecule has 0 aliphatic rings. The minimum Gasteiger partial charge on any atom is -0.481 e. The van der Waals surface area contributed by atoms with Gasteiger partial charge in [-0.05, 0) is 6.42 Å². The van der Waals surface area contributed by atoms with Gasteiger partial charge in [-0.2, -0.15) is 0 Å². The van der Waals surface area contributed by atoms with E-state index >= 15 is 0 Å². The van der Waals surface area contributed by atoms with E-state index in [1.807, 2.05) is 11.9 Å². The van der Waals surface area contributed by atoms with Crippen molar-refractivity contribution in [2.75, 3.05) is 5.75 Å². The van der Waals surface area contributed by atoms with Crippen LogP contribution in [-0.2, 0) is 4.79 Å². The summed E-state index contributed by atoms with van der Waals surface area (Å²) >= 11 is 1.87. The lowest BCUT2D eigenvalue weighted by Crippen LogP contribution is -2.55. The second kappa shape index (κ2) is 6.23. The maximum atomic E-state index is 10.4. The van der Waals surface area contributed by atoms with E-state index in [1.54, 1.807) is 0 Å². The van der Waals surface area contributed by atoms with Crippen LogP contribution in [0.25, 0.3) is 0 Å². The highest BCUT2D eigenvalue weighted by Gasteiger charge is 2.34. The lowest BCUT2D eigenvalue weighted by Gasteiger charge is -2.42. The van der Waals surface area contributed by atoms with Crippen LogP contribution in [0.2, 0.25) is 39.3 Å². The predicted molar refractivity (Wildman–Crippen MR) is 77.9 cm³/mol. The molecule has 0 unspecified atom stereocenters. The Morgan fingerprint density at radius 2 is 1.56 bits per heavy atom. The molecule has 0 atom stereocenters. The molecule has 0 radical (unpaired) electrons. The normalized spacial score (nSPS) is 13.2. The van der Waals surface area contributed by atoms with Gasteiger partial charge >= 0.3 is 5.97 Å². The number of nitrogens with zero attached hydrogens (tertiary/aromatic N) is 1. The molecule has 0 amide bonds. The van der Waals surface area contributed by atoms with Crippen molar-refractivity contribution in [3.8, 4) is 0 Å². The van der Waals surface area contributed by atoms with Crippen LogP contribution >= 0.6 is 11.9 Å². The SMILES string of the molecule is C[Si](C)(C)N(SCCCC(=O)O)[Si](C)(C)C.